The van der Waals surface area contributed by atoms with Crippen LogP contribution in [0.15, 0.2) is 0 Å². The summed E-state index contributed by atoms with van der Waals surface area (Å²) in [7, 11) is -2.72. The van der Waals surface area contributed by atoms with E-state index in [2.05, 4.69) is 0 Å². The lowest BCUT2D eigenvalue weighted by Crippen LogP contribution is -2.33. The van der Waals surface area contributed by atoms with Crippen molar-refractivity contribution in [3.63, 3.8) is 0 Å². The summed E-state index contributed by atoms with van der Waals surface area (Å²) < 4.78 is 22.1. The fourth-order valence-electron chi connectivity index (χ4n) is 1.80. The summed E-state index contributed by atoms with van der Waals surface area (Å²) in [5, 5.41) is 0. The zero-order chi connectivity index (χ0) is 8.11. The third-order valence-corrected chi connectivity index (χ3v) is 4.64. The number of rotatable bonds is 1. The first-order chi connectivity index (χ1) is 5.02. The molecule has 1 saturated carbocycles. The van der Waals surface area contributed by atoms with Gasteiger partial charge in [0.25, 0.3) is 0 Å². The van der Waals surface area contributed by atoms with Crippen LogP contribution in [-0.4, -0.2) is 25.5 Å². The number of nitrogens with two attached hydrogens (primary N) is 1. The molecule has 2 aliphatic rings. The van der Waals surface area contributed by atoms with Crippen molar-refractivity contribution >= 4 is 9.84 Å². The van der Waals surface area contributed by atoms with Crippen LogP contribution in [0.1, 0.15) is 19.3 Å². The summed E-state index contributed by atoms with van der Waals surface area (Å²) in [6.07, 6.45) is 2.83. The molecular weight excluding hydrogens is 162 g/mol. The van der Waals surface area contributed by atoms with Crippen LogP contribution in [0.5, 0.6) is 0 Å². The van der Waals surface area contributed by atoms with E-state index in [-0.39, 0.29) is 11.5 Å². The molecule has 1 unspecified atom stereocenters. The second-order valence-electron chi connectivity index (χ2n) is 3.83. The Balaban J connectivity index is 2.11. The van der Waals surface area contributed by atoms with Gasteiger partial charge in [-0.25, -0.2) is 8.42 Å². The molecule has 4 heteroatoms. The predicted octanol–water partition coefficient (Wildman–Crippen LogP) is -0.0876. The highest BCUT2D eigenvalue weighted by Crippen LogP contribution is 2.44. The minimum atomic E-state index is -2.72. The summed E-state index contributed by atoms with van der Waals surface area (Å²) in [5.41, 5.74) is 5.81. The molecule has 0 aromatic carbocycles. The molecule has 0 radical (unpaired) electrons. The molecule has 2 N–H and O–H groups in total. The van der Waals surface area contributed by atoms with E-state index < -0.39 is 9.84 Å². The van der Waals surface area contributed by atoms with Crippen LogP contribution in [0.3, 0.4) is 0 Å². The molecule has 1 aliphatic carbocycles. The summed E-state index contributed by atoms with van der Waals surface area (Å²) in [4.78, 5) is 0. The van der Waals surface area contributed by atoms with Crippen molar-refractivity contribution in [2.75, 3.05) is 11.5 Å². The standard InChI is InChI=1S/C7H13NO2S/c8-7(2-3-7)6-1-4-11(9,10)5-6/h6H,1-5,8H2. The van der Waals surface area contributed by atoms with Crippen LogP contribution < -0.4 is 5.73 Å². The maximum absolute atomic E-state index is 11.1. The van der Waals surface area contributed by atoms with Gasteiger partial charge in [0.2, 0.25) is 0 Å². The molecule has 0 aromatic heterocycles. The maximum Gasteiger partial charge on any atom is 0.150 e. The van der Waals surface area contributed by atoms with Gasteiger partial charge in [0.1, 0.15) is 0 Å². The van der Waals surface area contributed by atoms with Gasteiger partial charge in [-0.15, -0.1) is 0 Å². The Morgan fingerprint density at radius 2 is 2.00 bits per heavy atom. The SMILES string of the molecule is NC1(C2CCS(=O)(=O)C2)CC1. The summed E-state index contributed by atoms with van der Waals surface area (Å²) in [6.45, 7) is 0. The lowest BCUT2D eigenvalue weighted by atomic mass is 9.98. The molecule has 2 fully saturated rings. The van der Waals surface area contributed by atoms with Gasteiger partial charge in [0.05, 0.1) is 11.5 Å². The fraction of sp³-hybridized carbons (Fsp3) is 1.00. The maximum atomic E-state index is 11.1. The van der Waals surface area contributed by atoms with Gasteiger partial charge in [-0.1, -0.05) is 0 Å². The van der Waals surface area contributed by atoms with Crippen LogP contribution in [0.4, 0.5) is 0 Å². The molecule has 11 heavy (non-hydrogen) atoms. The average molecular weight is 175 g/mol. The smallest absolute Gasteiger partial charge is 0.150 e. The Morgan fingerprint density at radius 1 is 1.36 bits per heavy atom. The molecular formula is C7H13NO2S. The minimum absolute atomic E-state index is 0.0937. The van der Waals surface area contributed by atoms with Crippen molar-refractivity contribution in [3.8, 4) is 0 Å². The summed E-state index contributed by atoms with van der Waals surface area (Å²) >= 11 is 0. The topological polar surface area (TPSA) is 60.2 Å². The van der Waals surface area contributed by atoms with E-state index in [0.29, 0.717) is 11.5 Å². The van der Waals surface area contributed by atoms with Crippen LogP contribution in [0, 0.1) is 5.92 Å². The Hall–Kier alpha value is -0.0900. The number of hydrogen-bond acceptors (Lipinski definition) is 3. The van der Waals surface area contributed by atoms with Crippen molar-refractivity contribution < 1.29 is 8.42 Å². The molecule has 1 heterocycles. The zero-order valence-corrected chi connectivity index (χ0v) is 7.23. The van der Waals surface area contributed by atoms with E-state index in [0.717, 1.165) is 19.3 Å². The van der Waals surface area contributed by atoms with Crippen molar-refractivity contribution in [3.05, 3.63) is 0 Å². The molecule has 1 atom stereocenters. The van der Waals surface area contributed by atoms with E-state index in [4.69, 9.17) is 5.73 Å². The van der Waals surface area contributed by atoms with Crippen LogP contribution in [0.25, 0.3) is 0 Å². The van der Waals surface area contributed by atoms with Crippen LogP contribution >= 0.6 is 0 Å². The van der Waals surface area contributed by atoms with Crippen molar-refractivity contribution in [2.45, 2.75) is 24.8 Å². The minimum Gasteiger partial charge on any atom is -0.325 e. The molecule has 0 spiro atoms. The fourth-order valence-corrected chi connectivity index (χ4v) is 3.72. The largest absolute Gasteiger partial charge is 0.325 e. The highest BCUT2D eigenvalue weighted by atomic mass is 32.2. The van der Waals surface area contributed by atoms with E-state index >= 15 is 0 Å². The molecule has 3 nitrogen and oxygen atoms in total. The van der Waals surface area contributed by atoms with E-state index in [1.807, 2.05) is 0 Å². The van der Waals surface area contributed by atoms with Gasteiger partial charge in [0.15, 0.2) is 9.84 Å². The van der Waals surface area contributed by atoms with Gasteiger partial charge < -0.3 is 5.73 Å². The molecule has 0 aromatic rings. The van der Waals surface area contributed by atoms with Crippen molar-refractivity contribution in [1.29, 1.82) is 0 Å². The average Bonchev–Trinajstić information content (AvgIpc) is 2.51. The Bertz CT molecular complexity index is 266. The van der Waals surface area contributed by atoms with E-state index in [9.17, 15) is 8.42 Å². The second-order valence-corrected chi connectivity index (χ2v) is 6.06. The van der Waals surface area contributed by atoms with Gasteiger partial charge >= 0.3 is 0 Å². The van der Waals surface area contributed by atoms with E-state index in [1.54, 1.807) is 0 Å². The molecule has 2 rings (SSSR count). The van der Waals surface area contributed by atoms with Crippen molar-refractivity contribution in [1.82, 2.24) is 0 Å². The lowest BCUT2D eigenvalue weighted by molar-refractivity contribution is 0.448. The first kappa shape index (κ1) is 7.55. The Morgan fingerprint density at radius 3 is 2.36 bits per heavy atom. The molecule has 64 valence electrons. The van der Waals surface area contributed by atoms with Gasteiger partial charge in [-0.05, 0) is 25.2 Å². The predicted molar refractivity (Wildman–Crippen MR) is 42.9 cm³/mol. The number of sulfone groups is 1. The Labute approximate surface area is 66.9 Å². The third-order valence-electron chi connectivity index (χ3n) is 2.87. The zero-order valence-electron chi connectivity index (χ0n) is 6.41. The molecule has 0 bridgehead atoms. The first-order valence-corrected chi connectivity index (χ1v) is 5.83. The molecule has 1 saturated heterocycles. The van der Waals surface area contributed by atoms with E-state index in [1.165, 1.54) is 0 Å². The molecule has 1 aliphatic heterocycles. The highest BCUT2D eigenvalue weighted by molar-refractivity contribution is 7.91. The quantitative estimate of drug-likeness (QED) is 0.606. The first-order valence-electron chi connectivity index (χ1n) is 4.01. The number of hydrogen-bond donors (Lipinski definition) is 1. The monoisotopic (exact) mass is 175 g/mol. The molecule has 0 amide bonds. The second kappa shape index (κ2) is 1.98. The third kappa shape index (κ3) is 1.29. The van der Waals surface area contributed by atoms with Gasteiger partial charge in [-0.2, -0.15) is 0 Å². The lowest BCUT2D eigenvalue weighted by Gasteiger charge is -2.14. The van der Waals surface area contributed by atoms with Crippen LogP contribution in [0.2, 0.25) is 0 Å². The van der Waals surface area contributed by atoms with Gasteiger partial charge in [-0.3, -0.25) is 0 Å². The van der Waals surface area contributed by atoms with Crippen LogP contribution in [-0.2, 0) is 9.84 Å². The Kier molecular flexibility index (Phi) is 1.36. The highest BCUT2D eigenvalue weighted by Gasteiger charge is 2.49. The summed E-state index contributed by atoms with van der Waals surface area (Å²) in [6, 6.07) is 0. The summed E-state index contributed by atoms with van der Waals surface area (Å²) in [5.74, 6) is 0.952. The normalized spacial score (nSPS) is 38.8. The van der Waals surface area contributed by atoms with Crippen molar-refractivity contribution in [2.24, 2.45) is 11.7 Å². The van der Waals surface area contributed by atoms with Gasteiger partial charge in [0, 0.05) is 5.54 Å².